The van der Waals surface area contributed by atoms with Crippen LogP contribution in [0.4, 0.5) is 11.6 Å². The van der Waals surface area contributed by atoms with E-state index in [0.29, 0.717) is 28.2 Å². The van der Waals surface area contributed by atoms with E-state index in [0.717, 1.165) is 35.1 Å². The first-order chi connectivity index (χ1) is 13.8. The number of methoxy groups -OCH3 is 1. The molecule has 0 aliphatic carbocycles. The number of aryl methyl sites for hydroxylation is 2. The molecule has 0 unspecified atom stereocenters. The first kappa shape index (κ1) is 21.0. The van der Waals surface area contributed by atoms with E-state index in [1.54, 1.807) is 19.2 Å². The van der Waals surface area contributed by atoms with Crippen molar-refractivity contribution < 1.29 is 9.53 Å². The molecule has 1 amide bonds. The quantitative estimate of drug-likeness (QED) is 0.550. The summed E-state index contributed by atoms with van der Waals surface area (Å²) in [4.78, 5) is 16.3. The molecule has 0 aliphatic rings. The average molecular weight is 415 g/mol. The second-order valence-electron chi connectivity index (χ2n) is 7.20. The lowest BCUT2D eigenvalue weighted by Gasteiger charge is -2.17. The number of amides is 1. The molecule has 3 N–H and O–H groups in total. The topological polar surface area (TPSA) is 82.2 Å². The molecule has 1 aromatic heterocycles. The van der Waals surface area contributed by atoms with Crippen LogP contribution >= 0.6 is 11.6 Å². The van der Waals surface area contributed by atoms with Crippen LogP contribution in [0.3, 0.4) is 0 Å². The second-order valence-corrected chi connectivity index (χ2v) is 7.61. The molecule has 3 rings (SSSR count). The molecule has 0 fully saturated rings. The fourth-order valence-corrected chi connectivity index (χ4v) is 4.01. The van der Waals surface area contributed by atoms with Gasteiger partial charge in [0.15, 0.2) is 0 Å². The van der Waals surface area contributed by atoms with Gasteiger partial charge in [-0.05, 0) is 55.0 Å². The largest absolute Gasteiger partial charge is 0.495 e. The van der Waals surface area contributed by atoms with Crippen molar-refractivity contribution in [3.05, 3.63) is 46.0 Å². The molecule has 6 nitrogen and oxygen atoms in total. The minimum atomic E-state index is -0.498. The molecule has 2 aromatic carbocycles. The van der Waals surface area contributed by atoms with Crippen LogP contribution in [-0.4, -0.2) is 22.6 Å². The van der Waals surface area contributed by atoms with Gasteiger partial charge in [-0.3, -0.25) is 4.79 Å². The highest BCUT2D eigenvalue weighted by molar-refractivity contribution is 6.35. The van der Waals surface area contributed by atoms with Crippen LogP contribution < -0.4 is 15.8 Å². The van der Waals surface area contributed by atoms with Crippen molar-refractivity contribution in [1.29, 1.82) is 0 Å². The van der Waals surface area contributed by atoms with E-state index < -0.39 is 5.91 Å². The van der Waals surface area contributed by atoms with Gasteiger partial charge in [0.2, 0.25) is 11.9 Å². The van der Waals surface area contributed by atoms with Crippen LogP contribution in [0.1, 0.15) is 54.1 Å². The predicted octanol–water partition coefficient (Wildman–Crippen LogP) is 5.29. The highest BCUT2D eigenvalue weighted by Crippen LogP contribution is 2.37. The molecule has 7 heteroatoms. The number of anilines is 2. The van der Waals surface area contributed by atoms with E-state index in [2.05, 4.69) is 25.2 Å². The first-order valence-electron chi connectivity index (χ1n) is 9.72. The minimum Gasteiger partial charge on any atom is -0.495 e. The van der Waals surface area contributed by atoms with Crippen molar-refractivity contribution >= 4 is 40.2 Å². The number of hydrogen-bond acceptors (Lipinski definition) is 4. The first-order valence-corrected chi connectivity index (χ1v) is 10.1. The molecule has 0 aliphatic heterocycles. The minimum absolute atomic E-state index is 0.397. The number of rotatable bonds is 7. The number of halogens is 1. The number of fused-ring (bicyclic) bond motifs is 1. The Labute approximate surface area is 176 Å². The van der Waals surface area contributed by atoms with Gasteiger partial charge in [-0.2, -0.15) is 0 Å². The highest BCUT2D eigenvalue weighted by Gasteiger charge is 2.20. The summed E-state index contributed by atoms with van der Waals surface area (Å²) in [5.41, 5.74) is 10.4. The SMILES string of the molecule is CCC(CC)c1ccc(Cl)c2nc(Nc3c(C)cc(C(N)=O)cc3OC)n(C)c12. The molecule has 0 saturated heterocycles. The molecule has 1 heterocycles. The monoisotopic (exact) mass is 414 g/mol. The Morgan fingerprint density at radius 2 is 2.00 bits per heavy atom. The smallest absolute Gasteiger partial charge is 0.248 e. The lowest BCUT2D eigenvalue weighted by Crippen LogP contribution is -2.12. The summed E-state index contributed by atoms with van der Waals surface area (Å²) in [5.74, 6) is 1.11. The Morgan fingerprint density at radius 3 is 2.59 bits per heavy atom. The van der Waals surface area contributed by atoms with Crippen LogP contribution in [0.25, 0.3) is 11.0 Å². The summed E-state index contributed by atoms with van der Waals surface area (Å²) < 4.78 is 7.51. The van der Waals surface area contributed by atoms with Crippen molar-refractivity contribution in [3.63, 3.8) is 0 Å². The summed E-state index contributed by atoms with van der Waals surface area (Å²) in [7, 11) is 3.53. The summed E-state index contributed by atoms with van der Waals surface area (Å²) >= 11 is 6.47. The lowest BCUT2D eigenvalue weighted by atomic mass is 9.93. The van der Waals surface area contributed by atoms with Gasteiger partial charge in [-0.15, -0.1) is 0 Å². The maximum absolute atomic E-state index is 11.6. The Morgan fingerprint density at radius 1 is 1.31 bits per heavy atom. The van der Waals surface area contributed by atoms with Crippen LogP contribution in [0.5, 0.6) is 5.75 Å². The molecule has 0 radical (unpaired) electrons. The highest BCUT2D eigenvalue weighted by atomic mass is 35.5. The van der Waals surface area contributed by atoms with E-state index >= 15 is 0 Å². The van der Waals surface area contributed by atoms with Gasteiger partial charge < -0.3 is 20.4 Å². The number of hydrogen-bond donors (Lipinski definition) is 2. The molecule has 154 valence electrons. The standard InChI is InChI=1S/C22H27ClN4O2/c1-6-13(7-2)15-8-9-16(23)19-20(15)27(4)22(26-19)25-18-12(3)10-14(21(24)28)11-17(18)29-5/h8-11,13H,6-7H2,1-5H3,(H2,24,28)(H,25,26). The molecule has 0 bridgehead atoms. The van der Waals surface area contributed by atoms with Gasteiger partial charge in [0, 0.05) is 12.6 Å². The summed E-state index contributed by atoms with van der Waals surface area (Å²) in [6.07, 6.45) is 2.09. The Hall–Kier alpha value is -2.73. The third kappa shape index (κ3) is 3.77. The fourth-order valence-electron chi connectivity index (χ4n) is 3.82. The number of primary amides is 1. The van der Waals surface area contributed by atoms with E-state index in [1.165, 1.54) is 5.56 Å². The van der Waals surface area contributed by atoms with Crippen molar-refractivity contribution in [2.45, 2.75) is 39.5 Å². The van der Waals surface area contributed by atoms with E-state index in [1.807, 2.05) is 24.6 Å². The summed E-state index contributed by atoms with van der Waals surface area (Å²) in [6, 6.07) is 7.38. The number of nitrogens with zero attached hydrogens (tertiary/aromatic N) is 2. The average Bonchev–Trinajstić information content (AvgIpc) is 3.03. The van der Waals surface area contributed by atoms with Gasteiger partial charge in [-0.25, -0.2) is 4.98 Å². The Balaban J connectivity index is 2.15. The van der Waals surface area contributed by atoms with Gasteiger partial charge in [0.1, 0.15) is 11.3 Å². The van der Waals surface area contributed by atoms with Gasteiger partial charge in [-0.1, -0.05) is 31.5 Å². The van der Waals surface area contributed by atoms with Crippen LogP contribution in [0, 0.1) is 6.92 Å². The number of nitrogens with two attached hydrogens (primary N) is 1. The summed E-state index contributed by atoms with van der Waals surface area (Å²) in [5, 5.41) is 3.98. The molecule has 3 aromatic rings. The zero-order valence-electron chi connectivity index (χ0n) is 17.5. The molecular weight excluding hydrogens is 388 g/mol. The fraction of sp³-hybridized carbons (Fsp3) is 0.364. The predicted molar refractivity (Wildman–Crippen MR) is 119 cm³/mol. The van der Waals surface area contributed by atoms with Gasteiger partial charge in [0.05, 0.1) is 23.3 Å². The number of carbonyl (C=O) groups is 1. The number of ether oxygens (including phenoxy) is 1. The number of nitrogens with one attached hydrogen (secondary N) is 1. The van der Waals surface area contributed by atoms with E-state index in [9.17, 15) is 4.79 Å². The zero-order chi connectivity index (χ0) is 21.3. The van der Waals surface area contributed by atoms with Crippen molar-refractivity contribution in [2.75, 3.05) is 12.4 Å². The van der Waals surface area contributed by atoms with Crippen LogP contribution in [0.15, 0.2) is 24.3 Å². The van der Waals surface area contributed by atoms with Gasteiger partial charge in [0.25, 0.3) is 0 Å². The molecule has 29 heavy (non-hydrogen) atoms. The summed E-state index contributed by atoms with van der Waals surface area (Å²) in [6.45, 7) is 6.28. The third-order valence-electron chi connectivity index (χ3n) is 5.47. The number of aromatic nitrogens is 2. The van der Waals surface area contributed by atoms with E-state index in [4.69, 9.17) is 27.1 Å². The van der Waals surface area contributed by atoms with Crippen molar-refractivity contribution in [2.24, 2.45) is 12.8 Å². The van der Waals surface area contributed by atoms with E-state index in [-0.39, 0.29) is 0 Å². The van der Waals surface area contributed by atoms with Crippen LogP contribution in [-0.2, 0) is 7.05 Å². The molecule has 0 saturated carbocycles. The Bertz CT molecular complexity index is 1070. The third-order valence-corrected chi connectivity index (χ3v) is 5.77. The maximum atomic E-state index is 11.6. The number of benzene rings is 2. The molecular formula is C22H27ClN4O2. The van der Waals surface area contributed by atoms with Crippen LogP contribution in [0.2, 0.25) is 5.02 Å². The lowest BCUT2D eigenvalue weighted by molar-refractivity contribution is 0.1000. The Kier molecular flexibility index (Phi) is 6.03. The molecule has 0 atom stereocenters. The van der Waals surface area contributed by atoms with Gasteiger partial charge >= 0.3 is 0 Å². The molecule has 0 spiro atoms. The number of carbonyl (C=O) groups excluding carboxylic acids is 1. The zero-order valence-corrected chi connectivity index (χ0v) is 18.2. The maximum Gasteiger partial charge on any atom is 0.248 e. The number of imidazole rings is 1. The second kappa shape index (κ2) is 8.33. The normalized spacial score (nSPS) is 11.3. The van der Waals surface area contributed by atoms with Crippen molar-refractivity contribution in [3.8, 4) is 5.75 Å². The van der Waals surface area contributed by atoms with Crippen molar-refractivity contribution in [1.82, 2.24) is 9.55 Å².